The maximum absolute atomic E-state index is 9.64. The first-order valence-electron chi connectivity index (χ1n) is 6.22. The molecule has 1 aromatic rings. The number of hydrogen-bond donors (Lipinski definition) is 3. The minimum absolute atomic E-state index is 0.150. The van der Waals surface area contributed by atoms with Gasteiger partial charge >= 0.3 is 0 Å². The van der Waals surface area contributed by atoms with Crippen LogP contribution < -0.4 is 5.32 Å². The summed E-state index contributed by atoms with van der Waals surface area (Å²) < 4.78 is 0. The average molecular weight is 271 g/mol. The van der Waals surface area contributed by atoms with Crippen LogP contribution in [0.4, 0.5) is 0 Å². The first kappa shape index (κ1) is 13.5. The number of aryl methyl sites for hydroxylation is 1. The van der Waals surface area contributed by atoms with E-state index in [1.807, 2.05) is 6.92 Å². The predicted molar refractivity (Wildman–Crippen MR) is 72.5 cm³/mol. The Labute approximate surface area is 112 Å². The van der Waals surface area contributed by atoms with Crippen molar-refractivity contribution in [3.63, 3.8) is 0 Å². The van der Waals surface area contributed by atoms with Crippen LogP contribution in [0.5, 0.6) is 11.5 Å². The van der Waals surface area contributed by atoms with E-state index in [0.717, 1.165) is 50.3 Å². The lowest BCUT2D eigenvalue weighted by atomic mass is 10.0. The molecular formula is C13H19ClN2O2. The summed E-state index contributed by atoms with van der Waals surface area (Å²) in [7, 11) is 0. The van der Waals surface area contributed by atoms with Crippen molar-refractivity contribution < 1.29 is 10.2 Å². The third-order valence-electron chi connectivity index (χ3n) is 3.43. The molecule has 0 bridgehead atoms. The van der Waals surface area contributed by atoms with E-state index in [1.165, 1.54) is 0 Å². The first-order valence-corrected chi connectivity index (χ1v) is 6.60. The largest absolute Gasteiger partial charge is 0.504 e. The number of hydrogen-bond acceptors (Lipinski definition) is 4. The van der Waals surface area contributed by atoms with Gasteiger partial charge in [-0.25, -0.2) is 0 Å². The Balaban J connectivity index is 2.06. The lowest BCUT2D eigenvalue weighted by Crippen LogP contribution is -2.44. The molecule has 18 heavy (non-hydrogen) atoms. The van der Waals surface area contributed by atoms with Gasteiger partial charge in [0.2, 0.25) is 0 Å². The van der Waals surface area contributed by atoms with Crippen molar-refractivity contribution in [2.24, 2.45) is 0 Å². The molecule has 1 fully saturated rings. The van der Waals surface area contributed by atoms with Gasteiger partial charge in [0.15, 0.2) is 11.5 Å². The maximum Gasteiger partial charge on any atom is 0.176 e. The molecule has 0 spiro atoms. The number of phenols is 2. The fourth-order valence-electron chi connectivity index (χ4n) is 2.30. The standard InChI is InChI=1S/C13H19ClN2O2/c1-9-8-11(17)13(18)12(14)10(9)2-5-16-6-3-15-4-7-16/h8,15,17-18H,2-7H2,1H3. The molecule has 1 saturated heterocycles. The highest BCUT2D eigenvalue weighted by molar-refractivity contribution is 6.33. The molecule has 1 aliphatic heterocycles. The SMILES string of the molecule is Cc1cc(O)c(O)c(Cl)c1CCN1CCNCC1. The zero-order valence-electron chi connectivity index (χ0n) is 10.5. The predicted octanol–water partition coefficient (Wildman–Crippen LogP) is 1.51. The highest BCUT2D eigenvalue weighted by Crippen LogP contribution is 2.37. The van der Waals surface area contributed by atoms with Crippen molar-refractivity contribution in [1.82, 2.24) is 10.2 Å². The van der Waals surface area contributed by atoms with Gasteiger partial charge in [-0.3, -0.25) is 0 Å². The van der Waals surface area contributed by atoms with Gasteiger partial charge in [-0.1, -0.05) is 11.6 Å². The highest BCUT2D eigenvalue weighted by atomic mass is 35.5. The second kappa shape index (κ2) is 5.78. The normalized spacial score (nSPS) is 17.0. The molecule has 1 heterocycles. The summed E-state index contributed by atoms with van der Waals surface area (Å²) in [6, 6.07) is 1.56. The van der Waals surface area contributed by atoms with Crippen molar-refractivity contribution in [2.75, 3.05) is 32.7 Å². The molecule has 5 heteroatoms. The second-order valence-electron chi connectivity index (χ2n) is 4.70. The molecule has 0 amide bonds. The Kier molecular flexibility index (Phi) is 4.32. The minimum atomic E-state index is -0.211. The number of benzene rings is 1. The summed E-state index contributed by atoms with van der Waals surface area (Å²) in [5.74, 6) is -0.360. The van der Waals surface area contributed by atoms with E-state index < -0.39 is 0 Å². The molecule has 2 rings (SSSR count). The van der Waals surface area contributed by atoms with E-state index in [0.29, 0.717) is 0 Å². The van der Waals surface area contributed by atoms with Crippen molar-refractivity contribution in [2.45, 2.75) is 13.3 Å². The third kappa shape index (κ3) is 2.88. The number of rotatable bonds is 3. The Morgan fingerprint density at radius 3 is 2.67 bits per heavy atom. The van der Waals surface area contributed by atoms with Gasteiger partial charge in [0.05, 0.1) is 5.02 Å². The van der Waals surface area contributed by atoms with Gasteiger partial charge in [0.1, 0.15) is 0 Å². The Morgan fingerprint density at radius 1 is 1.33 bits per heavy atom. The number of piperazine rings is 1. The highest BCUT2D eigenvalue weighted by Gasteiger charge is 2.15. The van der Waals surface area contributed by atoms with Gasteiger partial charge in [-0.15, -0.1) is 0 Å². The molecule has 100 valence electrons. The van der Waals surface area contributed by atoms with Crippen LogP contribution in [0.3, 0.4) is 0 Å². The maximum atomic E-state index is 9.64. The van der Waals surface area contributed by atoms with Crippen LogP contribution in [0.1, 0.15) is 11.1 Å². The topological polar surface area (TPSA) is 55.7 Å². The molecule has 0 unspecified atom stereocenters. The van der Waals surface area contributed by atoms with Gasteiger partial charge in [-0.2, -0.15) is 0 Å². The Bertz CT molecular complexity index is 431. The number of halogens is 1. The summed E-state index contributed by atoms with van der Waals surface area (Å²) in [5, 5.41) is 22.7. The van der Waals surface area contributed by atoms with Crippen LogP contribution in [-0.4, -0.2) is 47.8 Å². The van der Waals surface area contributed by atoms with Crippen LogP contribution in [-0.2, 0) is 6.42 Å². The van der Waals surface area contributed by atoms with Crippen LogP contribution in [0.2, 0.25) is 5.02 Å². The quantitative estimate of drug-likeness (QED) is 0.729. The molecule has 0 atom stereocenters. The molecule has 0 radical (unpaired) electrons. The van der Waals surface area contributed by atoms with Gasteiger partial charge in [0.25, 0.3) is 0 Å². The number of nitrogens with zero attached hydrogens (tertiary/aromatic N) is 1. The average Bonchev–Trinajstić information content (AvgIpc) is 2.37. The summed E-state index contributed by atoms with van der Waals surface area (Å²) >= 11 is 6.08. The molecule has 0 saturated carbocycles. The van der Waals surface area contributed by atoms with Gasteiger partial charge < -0.3 is 20.4 Å². The summed E-state index contributed by atoms with van der Waals surface area (Å²) in [6.45, 7) is 6.95. The fraction of sp³-hybridized carbons (Fsp3) is 0.538. The van der Waals surface area contributed by atoms with E-state index >= 15 is 0 Å². The third-order valence-corrected chi connectivity index (χ3v) is 3.84. The van der Waals surface area contributed by atoms with Crippen LogP contribution in [0, 0.1) is 6.92 Å². The van der Waals surface area contributed by atoms with Crippen LogP contribution >= 0.6 is 11.6 Å². The van der Waals surface area contributed by atoms with Gasteiger partial charge in [0, 0.05) is 32.7 Å². The lowest BCUT2D eigenvalue weighted by Gasteiger charge is -2.27. The van der Waals surface area contributed by atoms with Crippen molar-refractivity contribution in [3.05, 3.63) is 22.2 Å². The molecule has 0 aromatic heterocycles. The van der Waals surface area contributed by atoms with E-state index in [1.54, 1.807) is 6.07 Å². The molecular weight excluding hydrogens is 252 g/mol. The summed E-state index contributed by atoms with van der Waals surface area (Å²) in [4.78, 5) is 2.37. The van der Waals surface area contributed by atoms with E-state index in [4.69, 9.17) is 11.6 Å². The molecule has 3 N–H and O–H groups in total. The first-order chi connectivity index (χ1) is 8.59. The zero-order chi connectivity index (χ0) is 13.1. The summed E-state index contributed by atoms with van der Waals surface area (Å²) in [5.41, 5.74) is 1.84. The van der Waals surface area contributed by atoms with E-state index in [9.17, 15) is 10.2 Å². The zero-order valence-corrected chi connectivity index (χ0v) is 11.3. The minimum Gasteiger partial charge on any atom is -0.504 e. The molecule has 0 aliphatic carbocycles. The van der Waals surface area contributed by atoms with E-state index in [2.05, 4.69) is 10.2 Å². The van der Waals surface area contributed by atoms with Crippen LogP contribution in [0.25, 0.3) is 0 Å². The van der Waals surface area contributed by atoms with E-state index in [-0.39, 0.29) is 16.5 Å². The number of phenolic OH excluding ortho intramolecular Hbond substituents is 2. The smallest absolute Gasteiger partial charge is 0.176 e. The van der Waals surface area contributed by atoms with Gasteiger partial charge in [-0.05, 0) is 30.5 Å². The Hall–Kier alpha value is -0.970. The number of nitrogens with one attached hydrogen (secondary N) is 1. The summed E-state index contributed by atoms with van der Waals surface area (Å²) in [6.07, 6.45) is 0.790. The van der Waals surface area contributed by atoms with Crippen molar-refractivity contribution in [1.29, 1.82) is 0 Å². The monoisotopic (exact) mass is 270 g/mol. The fourth-order valence-corrected chi connectivity index (χ4v) is 2.64. The molecule has 1 aliphatic rings. The Morgan fingerprint density at radius 2 is 2.00 bits per heavy atom. The van der Waals surface area contributed by atoms with Crippen molar-refractivity contribution >= 4 is 11.6 Å². The van der Waals surface area contributed by atoms with Crippen molar-refractivity contribution in [3.8, 4) is 11.5 Å². The van der Waals surface area contributed by atoms with Crippen LogP contribution in [0.15, 0.2) is 6.07 Å². The lowest BCUT2D eigenvalue weighted by molar-refractivity contribution is 0.243. The molecule has 1 aromatic carbocycles. The number of aromatic hydroxyl groups is 2. The molecule has 4 nitrogen and oxygen atoms in total. The second-order valence-corrected chi connectivity index (χ2v) is 5.07.